The fraction of sp³-hybridized carbons (Fsp3) is 0.0789. The summed E-state index contributed by atoms with van der Waals surface area (Å²) in [6.07, 6.45) is 3.65. The fourth-order valence-electron chi connectivity index (χ4n) is 7.04. The van der Waals surface area contributed by atoms with Gasteiger partial charge in [-0.25, -0.2) is 9.97 Å². The molecule has 1 aliphatic rings. The highest BCUT2D eigenvalue weighted by molar-refractivity contribution is 7.26. The van der Waals surface area contributed by atoms with Crippen LogP contribution in [0.1, 0.15) is 25.0 Å². The maximum Gasteiger partial charge on any atom is 0.235 e. The molecule has 43 heavy (non-hydrogen) atoms. The molecule has 0 bridgehead atoms. The maximum absolute atomic E-state index is 5.37. The second-order valence-corrected chi connectivity index (χ2v) is 12.7. The minimum atomic E-state index is -0.253. The Labute approximate surface area is 252 Å². The molecule has 0 spiro atoms. The van der Waals surface area contributed by atoms with Crippen LogP contribution in [0.3, 0.4) is 0 Å². The summed E-state index contributed by atoms with van der Waals surface area (Å²) < 4.78 is 2.55. The van der Waals surface area contributed by atoms with Gasteiger partial charge in [-0.05, 0) is 52.2 Å². The van der Waals surface area contributed by atoms with E-state index in [4.69, 9.17) is 9.97 Å². The number of fused-ring (bicyclic) bond motifs is 10. The first-order valence-electron chi connectivity index (χ1n) is 14.5. The van der Waals surface area contributed by atoms with E-state index in [9.17, 15) is 0 Å². The van der Waals surface area contributed by atoms with Crippen molar-refractivity contribution in [1.29, 1.82) is 0 Å². The van der Waals surface area contributed by atoms with Gasteiger partial charge in [0.1, 0.15) is 0 Å². The summed E-state index contributed by atoms with van der Waals surface area (Å²) in [7, 11) is 0. The minimum absolute atomic E-state index is 0.253. The average molecular weight is 571 g/mol. The average Bonchev–Trinajstić information content (AvgIpc) is 3.45. The Morgan fingerprint density at radius 3 is 2.16 bits per heavy atom. The molecule has 5 heteroatoms. The van der Waals surface area contributed by atoms with Crippen LogP contribution in [-0.4, -0.2) is 15.0 Å². The van der Waals surface area contributed by atoms with Crippen molar-refractivity contribution in [2.45, 2.75) is 19.3 Å². The largest absolute Gasteiger partial charge is 0.277 e. The van der Waals surface area contributed by atoms with E-state index in [2.05, 4.69) is 115 Å². The van der Waals surface area contributed by atoms with Gasteiger partial charge in [0, 0.05) is 44.2 Å². The van der Waals surface area contributed by atoms with Crippen molar-refractivity contribution in [1.82, 2.24) is 15.0 Å². The van der Waals surface area contributed by atoms with Gasteiger partial charge in [-0.15, -0.1) is 11.3 Å². The van der Waals surface area contributed by atoms with Gasteiger partial charge < -0.3 is 0 Å². The van der Waals surface area contributed by atoms with E-state index in [-0.39, 0.29) is 5.41 Å². The standard InChI is InChI=1S/C38H26N4S/c1-38(2)28-15-7-9-17-30(28)42(37-40-29-16-8-5-13-26(29)34(41-37)23-19-21-39-22-20-23)35-33(38)25-12-4-3-11-24(25)32-27-14-6-10-18-31(27)43-36(32)35/h3-22H,1-2H3. The normalized spacial score (nSPS) is 14.0. The highest BCUT2D eigenvalue weighted by Gasteiger charge is 2.41. The molecule has 0 N–H and O–H groups in total. The summed E-state index contributed by atoms with van der Waals surface area (Å²) >= 11 is 1.86. The number of para-hydroxylation sites is 2. The monoisotopic (exact) mass is 570 g/mol. The van der Waals surface area contributed by atoms with E-state index in [1.54, 1.807) is 0 Å². The lowest BCUT2D eigenvalue weighted by Crippen LogP contribution is -2.31. The van der Waals surface area contributed by atoms with E-state index < -0.39 is 0 Å². The molecule has 9 rings (SSSR count). The summed E-state index contributed by atoms with van der Waals surface area (Å²) in [5, 5.41) is 6.17. The van der Waals surface area contributed by atoms with Gasteiger partial charge >= 0.3 is 0 Å². The van der Waals surface area contributed by atoms with Crippen LogP contribution in [0.15, 0.2) is 122 Å². The summed E-state index contributed by atoms with van der Waals surface area (Å²) in [5.41, 5.74) is 7.44. The first kappa shape index (κ1) is 24.5. The Morgan fingerprint density at radius 2 is 1.33 bits per heavy atom. The third-order valence-electron chi connectivity index (χ3n) is 8.93. The molecule has 0 unspecified atom stereocenters. The molecule has 3 aromatic heterocycles. The van der Waals surface area contributed by atoms with Crippen LogP contribution in [0.5, 0.6) is 0 Å². The van der Waals surface area contributed by atoms with Gasteiger partial charge in [0.2, 0.25) is 5.95 Å². The number of aromatic nitrogens is 3. The molecule has 0 saturated carbocycles. The van der Waals surface area contributed by atoms with E-state index in [1.807, 2.05) is 41.9 Å². The van der Waals surface area contributed by atoms with Crippen LogP contribution < -0.4 is 4.90 Å². The quantitative estimate of drug-likeness (QED) is 0.207. The SMILES string of the molecule is CC1(C)c2ccccc2N(c2nc(-c3ccncc3)c3ccccc3n2)c2c1c1ccccc1c1c2sc2ccccc21. The van der Waals surface area contributed by atoms with Crippen molar-refractivity contribution >= 4 is 70.5 Å². The second-order valence-electron chi connectivity index (χ2n) is 11.7. The summed E-state index contributed by atoms with van der Waals surface area (Å²) in [5.74, 6) is 0.670. The molecule has 4 heterocycles. The fourth-order valence-corrected chi connectivity index (χ4v) is 8.30. The van der Waals surface area contributed by atoms with Crippen LogP contribution in [0.25, 0.3) is 53.1 Å². The number of hydrogen-bond acceptors (Lipinski definition) is 5. The zero-order valence-corrected chi connectivity index (χ0v) is 24.6. The Morgan fingerprint density at radius 1 is 0.651 bits per heavy atom. The molecule has 5 aromatic carbocycles. The molecule has 0 radical (unpaired) electrons. The van der Waals surface area contributed by atoms with Gasteiger partial charge in [0.05, 0.1) is 27.3 Å². The molecule has 0 amide bonds. The van der Waals surface area contributed by atoms with Gasteiger partial charge in [-0.1, -0.05) is 92.7 Å². The third-order valence-corrected chi connectivity index (χ3v) is 10.1. The zero-order chi connectivity index (χ0) is 28.7. The first-order chi connectivity index (χ1) is 21.1. The smallest absolute Gasteiger partial charge is 0.235 e. The molecule has 0 fully saturated rings. The van der Waals surface area contributed by atoms with Gasteiger partial charge in [0.15, 0.2) is 0 Å². The van der Waals surface area contributed by atoms with Crippen molar-refractivity contribution in [3.63, 3.8) is 0 Å². The highest BCUT2D eigenvalue weighted by atomic mass is 32.1. The molecular formula is C38H26N4S. The summed E-state index contributed by atoms with van der Waals surface area (Å²) in [6, 6.07) is 38.8. The molecule has 1 aliphatic heterocycles. The lowest BCUT2D eigenvalue weighted by molar-refractivity contribution is 0.638. The molecule has 204 valence electrons. The van der Waals surface area contributed by atoms with Crippen molar-refractivity contribution < 1.29 is 0 Å². The lowest BCUT2D eigenvalue weighted by Gasteiger charge is -2.42. The summed E-state index contributed by atoms with van der Waals surface area (Å²) in [4.78, 5) is 17.2. The minimum Gasteiger partial charge on any atom is -0.277 e. The maximum atomic E-state index is 5.37. The van der Waals surface area contributed by atoms with E-state index in [0.29, 0.717) is 5.95 Å². The van der Waals surface area contributed by atoms with Gasteiger partial charge in [0.25, 0.3) is 0 Å². The predicted octanol–water partition coefficient (Wildman–Crippen LogP) is 10.3. The number of benzene rings is 5. The number of anilines is 3. The number of hydrogen-bond donors (Lipinski definition) is 0. The second kappa shape index (κ2) is 8.93. The van der Waals surface area contributed by atoms with E-state index in [0.717, 1.165) is 27.8 Å². The Hall–Kier alpha value is -5.13. The number of rotatable bonds is 2. The Balaban J connectivity index is 1.48. The number of thiophene rings is 1. The highest BCUT2D eigenvalue weighted by Crippen LogP contribution is 2.58. The Kier molecular flexibility index (Phi) is 5.08. The van der Waals surface area contributed by atoms with Crippen molar-refractivity contribution in [3.05, 3.63) is 133 Å². The van der Waals surface area contributed by atoms with E-state index in [1.165, 1.54) is 47.8 Å². The zero-order valence-electron chi connectivity index (χ0n) is 23.7. The molecule has 0 aliphatic carbocycles. The number of pyridine rings is 1. The molecule has 8 aromatic rings. The van der Waals surface area contributed by atoms with Crippen molar-refractivity contribution in [2.75, 3.05) is 4.90 Å². The number of nitrogens with zero attached hydrogens (tertiary/aromatic N) is 4. The topological polar surface area (TPSA) is 41.9 Å². The molecule has 4 nitrogen and oxygen atoms in total. The van der Waals surface area contributed by atoms with Crippen molar-refractivity contribution in [3.8, 4) is 11.3 Å². The molecular weight excluding hydrogens is 545 g/mol. The lowest BCUT2D eigenvalue weighted by atomic mass is 9.71. The van der Waals surface area contributed by atoms with Crippen molar-refractivity contribution in [2.24, 2.45) is 0 Å². The third kappa shape index (κ3) is 3.40. The van der Waals surface area contributed by atoms with Crippen LogP contribution in [0.4, 0.5) is 17.3 Å². The van der Waals surface area contributed by atoms with Crippen LogP contribution in [0, 0.1) is 0 Å². The predicted molar refractivity (Wildman–Crippen MR) is 180 cm³/mol. The molecule has 0 saturated heterocycles. The Bertz CT molecular complexity index is 2390. The molecule has 0 atom stereocenters. The van der Waals surface area contributed by atoms with Gasteiger partial charge in [-0.3, -0.25) is 9.88 Å². The van der Waals surface area contributed by atoms with Crippen LogP contribution in [-0.2, 0) is 5.41 Å². The summed E-state index contributed by atoms with van der Waals surface area (Å²) in [6.45, 7) is 4.72. The van der Waals surface area contributed by atoms with E-state index >= 15 is 0 Å². The first-order valence-corrected chi connectivity index (χ1v) is 15.4. The van der Waals surface area contributed by atoms with Crippen LogP contribution >= 0.6 is 11.3 Å². The van der Waals surface area contributed by atoms with Crippen LogP contribution in [0.2, 0.25) is 0 Å². The van der Waals surface area contributed by atoms with Gasteiger partial charge in [-0.2, -0.15) is 0 Å².